The highest BCUT2D eigenvalue weighted by atomic mass is 16.2. The van der Waals surface area contributed by atoms with E-state index in [-0.39, 0.29) is 5.92 Å². The Morgan fingerprint density at radius 3 is 2.88 bits per heavy atom. The minimum Gasteiger partial charge on any atom is -0.347 e. The van der Waals surface area contributed by atoms with Crippen molar-refractivity contribution in [2.45, 2.75) is 25.8 Å². The normalized spacial score (nSPS) is 31.2. The number of nitrogens with one attached hydrogen (secondary N) is 1. The third kappa shape index (κ3) is 1.72. The number of hydrogen-bond acceptors (Lipinski definition) is 2. The van der Waals surface area contributed by atoms with Crippen molar-refractivity contribution in [1.29, 1.82) is 0 Å². The van der Waals surface area contributed by atoms with Crippen molar-refractivity contribution >= 4 is 5.91 Å². The lowest BCUT2D eigenvalue weighted by molar-refractivity contribution is -0.134. The molecule has 4 nitrogen and oxygen atoms in total. The lowest BCUT2D eigenvalue weighted by atomic mass is 10.0. The molecule has 0 saturated heterocycles. The van der Waals surface area contributed by atoms with Crippen LogP contribution in [0.2, 0.25) is 0 Å². The SMILES string of the molecule is CN(Cc1ncc[nH]1)C(=O)C1CC2CC2C1. The molecule has 0 spiro atoms. The van der Waals surface area contributed by atoms with Crippen LogP contribution in [0.3, 0.4) is 0 Å². The monoisotopic (exact) mass is 219 g/mol. The van der Waals surface area contributed by atoms with E-state index in [0.29, 0.717) is 12.5 Å². The second kappa shape index (κ2) is 3.61. The Kier molecular flexibility index (Phi) is 2.23. The van der Waals surface area contributed by atoms with Crippen molar-refractivity contribution < 1.29 is 4.79 Å². The number of carbonyl (C=O) groups is 1. The van der Waals surface area contributed by atoms with Crippen molar-refractivity contribution in [3.8, 4) is 0 Å². The molecule has 0 radical (unpaired) electrons. The van der Waals surface area contributed by atoms with Gasteiger partial charge >= 0.3 is 0 Å². The lowest BCUT2D eigenvalue weighted by Crippen LogP contribution is -2.32. The number of aromatic nitrogens is 2. The number of carbonyl (C=O) groups excluding carboxylic acids is 1. The molecular weight excluding hydrogens is 202 g/mol. The van der Waals surface area contributed by atoms with Gasteiger partial charge in [0.05, 0.1) is 6.54 Å². The van der Waals surface area contributed by atoms with Gasteiger partial charge in [0, 0.05) is 25.4 Å². The first kappa shape index (κ1) is 9.87. The van der Waals surface area contributed by atoms with E-state index in [2.05, 4.69) is 9.97 Å². The van der Waals surface area contributed by atoms with Gasteiger partial charge in [-0.05, 0) is 31.1 Å². The van der Waals surface area contributed by atoms with Gasteiger partial charge in [0.25, 0.3) is 0 Å². The zero-order valence-electron chi connectivity index (χ0n) is 9.52. The highest BCUT2D eigenvalue weighted by Crippen LogP contribution is 2.54. The smallest absolute Gasteiger partial charge is 0.225 e. The Morgan fingerprint density at radius 1 is 1.50 bits per heavy atom. The summed E-state index contributed by atoms with van der Waals surface area (Å²) in [6.07, 6.45) is 7.11. The molecule has 2 atom stereocenters. The average Bonchev–Trinajstić information content (AvgIpc) is 2.72. The second-order valence-corrected chi connectivity index (χ2v) is 5.15. The van der Waals surface area contributed by atoms with Gasteiger partial charge in [-0.1, -0.05) is 0 Å². The van der Waals surface area contributed by atoms with Crippen molar-refractivity contribution in [2.24, 2.45) is 17.8 Å². The van der Waals surface area contributed by atoms with Crippen LogP contribution in [-0.4, -0.2) is 27.8 Å². The van der Waals surface area contributed by atoms with Crippen LogP contribution in [0.15, 0.2) is 12.4 Å². The number of imidazole rings is 1. The molecule has 2 aliphatic rings. The van der Waals surface area contributed by atoms with E-state index in [0.717, 1.165) is 30.5 Å². The highest BCUT2D eigenvalue weighted by Gasteiger charge is 2.48. The van der Waals surface area contributed by atoms with Gasteiger partial charge < -0.3 is 9.88 Å². The summed E-state index contributed by atoms with van der Waals surface area (Å²) in [6.45, 7) is 0.595. The van der Waals surface area contributed by atoms with Crippen LogP contribution in [0.4, 0.5) is 0 Å². The van der Waals surface area contributed by atoms with Crippen LogP contribution in [0.5, 0.6) is 0 Å². The summed E-state index contributed by atoms with van der Waals surface area (Å²) >= 11 is 0. The summed E-state index contributed by atoms with van der Waals surface area (Å²) in [5.41, 5.74) is 0. The van der Waals surface area contributed by atoms with Crippen LogP contribution < -0.4 is 0 Å². The molecule has 3 rings (SSSR count). The minimum absolute atomic E-state index is 0.281. The molecule has 86 valence electrons. The predicted octanol–water partition coefficient (Wildman–Crippen LogP) is 1.41. The fraction of sp³-hybridized carbons (Fsp3) is 0.667. The average molecular weight is 219 g/mol. The molecule has 0 aromatic carbocycles. The molecule has 0 aliphatic heterocycles. The van der Waals surface area contributed by atoms with E-state index < -0.39 is 0 Å². The molecular formula is C12H17N3O. The third-order valence-corrected chi connectivity index (χ3v) is 3.91. The van der Waals surface area contributed by atoms with E-state index in [1.807, 2.05) is 7.05 Å². The minimum atomic E-state index is 0.281. The first-order chi connectivity index (χ1) is 7.74. The quantitative estimate of drug-likeness (QED) is 0.835. The van der Waals surface area contributed by atoms with Crippen molar-refractivity contribution in [1.82, 2.24) is 14.9 Å². The molecule has 1 N–H and O–H groups in total. The Morgan fingerprint density at radius 2 is 2.25 bits per heavy atom. The van der Waals surface area contributed by atoms with Crippen LogP contribution in [-0.2, 0) is 11.3 Å². The van der Waals surface area contributed by atoms with E-state index in [1.54, 1.807) is 17.3 Å². The number of hydrogen-bond donors (Lipinski definition) is 1. The van der Waals surface area contributed by atoms with Gasteiger partial charge in [0.1, 0.15) is 5.82 Å². The summed E-state index contributed by atoms with van der Waals surface area (Å²) in [5, 5.41) is 0. The summed E-state index contributed by atoms with van der Waals surface area (Å²) in [4.78, 5) is 21.1. The lowest BCUT2D eigenvalue weighted by Gasteiger charge is -2.20. The van der Waals surface area contributed by atoms with E-state index in [4.69, 9.17) is 0 Å². The van der Waals surface area contributed by atoms with Gasteiger partial charge in [-0.15, -0.1) is 0 Å². The number of fused-ring (bicyclic) bond motifs is 1. The third-order valence-electron chi connectivity index (χ3n) is 3.91. The van der Waals surface area contributed by atoms with E-state index in [9.17, 15) is 4.79 Å². The maximum Gasteiger partial charge on any atom is 0.225 e. The summed E-state index contributed by atoms with van der Waals surface area (Å²) in [7, 11) is 1.87. The van der Waals surface area contributed by atoms with Crippen molar-refractivity contribution in [3.05, 3.63) is 18.2 Å². The fourth-order valence-corrected chi connectivity index (χ4v) is 2.92. The number of amides is 1. The van der Waals surface area contributed by atoms with Gasteiger partial charge in [0.2, 0.25) is 5.91 Å². The van der Waals surface area contributed by atoms with Crippen LogP contribution >= 0.6 is 0 Å². The van der Waals surface area contributed by atoms with E-state index >= 15 is 0 Å². The highest BCUT2D eigenvalue weighted by molar-refractivity contribution is 5.79. The summed E-state index contributed by atoms with van der Waals surface area (Å²) in [5.74, 6) is 3.17. The van der Waals surface area contributed by atoms with Crippen LogP contribution in [0, 0.1) is 17.8 Å². The molecule has 2 fully saturated rings. The Labute approximate surface area is 95.1 Å². The molecule has 2 saturated carbocycles. The zero-order chi connectivity index (χ0) is 11.1. The molecule has 2 unspecified atom stereocenters. The maximum atomic E-state index is 12.1. The van der Waals surface area contributed by atoms with E-state index in [1.165, 1.54) is 6.42 Å². The first-order valence-corrected chi connectivity index (χ1v) is 5.97. The summed E-state index contributed by atoms with van der Waals surface area (Å²) in [6, 6.07) is 0. The molecule has 4 heteroatoms. The van der Waals surface area contributed by atoms with Crippen LogP contribution in [0.1, 0.15) is 25.1 Å². The number of H-pyrrole nitrogens is 1. The molecule has 1 amide bonds. The predicted molar refractivity (Wildman–Crippen MR) is 59.4 cm³/mol. The number of aromatic amines is 1. The zero-order valence-corrected chi connectivity index (χ0v) is 9.52. The topological polar surface area (TPSA) is 49.0 Å². The molecule has 0 bridgehead atoms. The van der Waals surface area contributed by atoms with Gasteiger partial charge in [-0.3, -0.25) is 4.79 Å². The molecule has 16 heavy (non-hydrogen) atoms. The fourth-order valence-electron chi connectivity index (χ4n) is 2.92. The van der Waals surface area contributed by atoms with Crippen LogP contribution in [0.25, 0.3) is 0 Å². The largest absolute Gasteiger partial charge is 0.347 e. The molecule has 1 heterocycles. The molecule has 2 aliphatic carbocycles. The molecule has 1 aromatic heterocycles. The van der Waals surface area contributed by atoms with Crippen molar-refractivity contribution in [2.75, 3.05) is 7.05 Å². The van der Waals surface area contributed by atoms with Gasteiger partial charge in [-0.25, -0.2) is 4.98 Å². The number of nitrogens with zero attached hydrogens (tertiary/aromatic N) is 2. The standard InChI is InChI=1S/C12H17N3O/c1-15(7-11-13-2-3-14-11)12(16)10-5-8-4-9(8)6-10/h2-3,8-10H,4-7H2,1H3,(H,13,14). The second-order valence-electron chi connectivity index (χ2n) is 5.15. The Balaban J connectivity index is 1.57. The summed E-state index contributed by atoms with van der Waals surface area (Å²) < 4.78 is 0. The number of rotatable bonds is 3. The van der Waals surface area contributed by atoms with Gasteiger partial charge in [0.15, 0.2) is 0 Å². The molecule has 1 aromatic rings. The van der Waals surface area contributed by atoms with Crippen molar-refractivity contribution in [3.63, 3.8) is 0 Å². The van der Waals surface area contributed by atoms with Gasteiger partial charge in [-0.2, -0.15) is 0 Å². The Bertz CT molecular complexity index is 377. The maximum absolute atomic E-state index is 12.1. The first-order valence-electron chi connectivity index (χ1n) is 5.97. The Hall–Kier alpha value is -1.32.